The molecule has 0 spiro atoms. The summed E-state index contributed by atoms with van der Waals surface area (Å²) in [6.07, 6.45) is 6.26. The second kappa shape index (κ2) is 6.48. The molecule has 0 radical (unpaired) electrons. The molecule has 0 N–H and O–H groups in total. The first-order chi connectivity index (χ1) is 10.7. The van der Waals surface area contributed by atoms with E-state index >= 15 is 0 Å². The molecule has 22 heavy (non-hydrogen) atoms. The van der Waals surface area contributed by atoms with Crippen LogP contribution in [-0.2, 0) is 13.6 Å². The summed E-state index contributed by atoms with van der Waals surface area (Å²) in [6.45, 7) is 2.64. The summed E-state index contributed by atoms with van der Waals surface area (Å²) in [5, 5.41) is 4.25. The highest BCUT2D eigenvalue weighted by atomic mass is 19.1. The predicted molar refractivity (Wildman–Crippen MR) is 83.4 cm³/mol. The monoisotopic (exact) mass is 303 g/mol. The Balaban J connectivity index is 1.58. The Morgan fingerprint density at radius 1 is 1.32 bits per heavy atom. The van der Waals surface area contributed by atoms with Gasteiger partial charge in [-0.15, -0.1) is 0 Å². The van der Waals surface area contributed by atoms with E-state index in [1.807, 2.05) is 30.1 Å². The quantitative estimate of drug-likeness (QED) is 0.870. The molecule has 0 bridgehead atoms. The molecule has 1 saturated heterocycles. The van der Waals surface area contributed by atoms with Crippen LogP contribution in [0.15, 0.2) is 30.6 Å². The standard InChI is InChI=1S/C17H22FN3O/c1-20-11-15(10-19-20)13-5-7-21(8-6-13)12-14-3-4-16(22-2)9-17(14)18/h3-4,9-11,13H,5-8,12H2,1-2H3. The first kappa shape index (κ1) is 15.0. The highest BCUT2D eigenvalue weighted by Crippen LogP contribution is 2.28. The van der Waals surface area contributed by atoms with Crippen molar-refractivity contribution in [1.29, 1.82) is 0 Å². The summed E-state index contributed by atoms with van der Waals surface area (Å²) in [7, 11) is 3.50. The molecule has 3 rings (SSSR count). The van der Waals surface area contributed by atoms with Crippen molar-refractivity contribution in [2.75, 3.05) is 20.2 Å². The van der Waals surface area contributed by atoms with Gasteiger partial charge in [-0.3, -0.25) is 9.58 Å². The van der Waals surface area contributed by atoms with Gasteiger partial charge in [-0.05, 0) is 43.5 Å². The molecule has 0 atom stereocenters. The minimum absolute atomic E-state index is 0.186. The van der Waals surface area contributed by atoms with Gasteiger partial charge in [0, 0.05) is 31.4 Å². The van der Waals surface area contributed by atoms with Crippen LogP contribution in [0.3, 0.4) is 0 Å². The maximum atomic E-state index is 14.0. The minimum atomic E-state index is -0.186. The smallest absolute Gasteiger partial charge is 0.131 e. The van der Waals surface area contributed by atoms with E-state index in [2.05, 4.69) is 16.2 Å². The molecule has 4 nitrogen and oxygen atoms in total. The Bertz CT molecular complexity index is 633. The van der Waals surface area contributed by atoms with E-state index in [0.717, 1.165) is 31.5 Å². The van der Waals surface area contributed by atoms with Crippen LogP contribution in [-0.4, -0.2) is 34.9 Å². The molecule has 5 heteroatoms. The summed E-state index contributed by atoms with van der Waals surface area (Å²) in [6, 6.07) is 5.10. The van der Waals surface area contributed by atoms with Crippen molar-refractivity contribution in [3.8, 4) is 5.75 Å². The van der Waals surface area contributed by atoms with Gasteiger partial charge >= 0.3 is 0 Å². The second-order valence-electron chi connectivity index (χ2n) is 5.96. The Morgan fingerprint density at radius 3 is 2.68 bits per heavy atom. The number of nitrogens with zero attached hydrogens (tertiary/aromatic N) is 3. The number of piperidine rings is 1. The van der Waals surface area contributed by atoms with Crippen LogP contribution in [0, 0.1) is 5.82 Å². The molecule has 1 aliphatic heterocycles. The van der Waals surface area contributed by atoms with Crippen LogP contribution < -0.4 is 4.74 Å². The molecule has 0 aliphatic carbocycles. The molecular weight excluding hydrogens is 281 g/mol. The zero-order valence-electron chi connectivity index (χ0n) is 13.1. The van der Waals surface area contributed by atoms with Crippen LogP contribution >= 0.6 is 0 Å². The number of likely N-dealkylation sites (tertiary alicyclic amines) is 1. The van der Waals surface area contributed by atoms with Gasteiger partial charge in [0.05, 0.1) is 13.3 Å². The largest absolute Gasteiger partial charge is 0.497 e. The normalized spacial score (nSPS) is 16.9. The third-order valence-electron chi connectivity index (χ3n) is 4.44. The molecule has 1 aliphatic rings. The lowest BCUT2D eigenvalue weighted by molar-refractivity contribution is 0.202. The second-order valence-corrected chi connectivity index (χ2v) is 5.96. The number of aromatic nitrogens is 2. The summed E-state index contributed by atoms with van der Waals surface area (Å²) < 4.78 is 20.9. The van der Waals surface area contributed by atoms with Crippen LogP contribution in [0.2, 0.25) is 0 Å². The first-order valence-corrected chi connectivity index (χ1v) is 7.69. The van der Waals surface area contributed by atoms with Gasteiger partial charge in [-0.25, -0.2) is 4.39 Å². The van der Waals surface area contributed by atoms with Gasteiger partial charge in [0.1, 0.15) is 11.6 Å². The van der Waals surface area contributed by atoms with Crippen molar-refractivity contribution in [3.63, 3.8) is 0 Å². The summed E-state index contributed by atoms with van der Waals surface area (Å²) in [5.74, 6) is 0.955. The van der Waals surface area contributed by atoms with Gasteiger partial charge in [0.2, 0.25) is 0 Å². The van der Waals surface area contributed by atoms with Gasteiger partial charge in [0.25, 0.3) is 0 Å². The fourth-order valence-electron chi connectivity index (χ4n) is 3.10. The molecule has 118 valence electrons. The highest BCUT2D eigenvalue weighted by molar-refractivity contribution is 5.29. The fraction of sp³-hybridized carbons (Fsp3) is 0.471. The summed E-state index contributed by atoms with van der Waals surface area (Å²) in [5.41, 5.74) is 2.05. The van der Waals surface area contributed by atoms with Crippen LogP contribution in [0.5, 0.6) is 5.75 Å². The first-order valence-electron chi connectivity index (χ1n) is 7.69. The highest BCUT2D eigenvalue weighted by Gasteiger charge is 2.22. The number of methoxy groups -OCH3 is 1. The Kier molecular flexibility index (Phi) is 4.43. The van der Waals surface area contributed by atoms with Gasteiger partial charge < -0.3 is 4.74 Å². The molecule has 0 saturated carbocycles. The van der Waals surface area contributed by atoms with Crippen molar-refractivity contribution in [2.45, 2.75) is 25.3 Å². The third-order valence-corrected chi connectivity index (χ3v) is 4.44. The SMILES string of the molecule is COc1ccc(CN2CCC(c3cnn(C)c3)CC2)c(F)c1. The van der Waals surface area contributed by atoms with E-state index in [0.29, 0.717) is 18.2 Å². The molecule has 1 fully saturated rings. The van der Waals surface area contributed by atoms with Crippen molar-refractivity contribution in [2.24, 2.45) is 7.05 Å². The van der Waals surface area contributed by atoms with Crippen LogP contribution in [0.1, 0.15) is 29.9 Å². The third kappa shape index (κ3) is 3.30. The number of hydrogen-bond donors (Lipinski definition) is 0. The number of ether oxygens (including phenoxy) is 1. The maximum Gasteiger partial charge on any atom is 0.131 e. The number of aryl methyl sites for hydroxylation is 1. The topological polar surface area (TPSA) is 30.3 Å². The zero-order valence-corrected chi connectivity index (χ0v) is 13.1. The molecule has 0 unspecified atom stereocenters. The lowest BCUT2D eigenvalue weighted by Crippen LogP contribution is -2.32. The molecule has 2 aromatic rings. The Labute approximate surface area is 130 Å². The van der Waals surface area contributed by atoms with Gasteiger partial charge in [-0.2, -0.15) is 5.10 Å². The molecule has 0 amide bonds. The van der Waals surface area contributed by atoms with Crippen molar-refractivity contribution in [3.05, 3.63) is 47.5 Å². The zero-order chi connectivity index (χ0) is 15.5. The number of hydrogen-bond acceptors (Lipinski definition) is 3. The fourth-order valence-corrected chi connectivity index (χ4v) is 3.10. The van der Waals surface area contributed by atoms with Crippen LogP contribution in [0.4, 0.5) is 4.39 Å². The van der Waals surface area contributed by atoms with Crippen molar-refractivity contribution in [1.82, 2.24) is 14.7 Å². The van der Waals surface area contributed by atoms with E-state index in [9.17, 15) is 4.39 Å². The summed E-state index contributed by atoms with van der Waals surface area (Å²) in [4.78, 5) is 2.32. The average Bonchev–Trinajstić information content (AvgIpc) is 2.96. The van der Waals surface area contributed by atoms with E-state index in [1.165, 1.54) is 11.6 Å². The number of rotatable bonds is 4. The van der Waals surface area contributed by atoms with Gasteiger partial charge in [-0.1, -0.05) is 6.07 Å². The van der Waals surface area contributed by atoms with E-state index in [-0.39, 0.29) is 5.82 Å². The minimum Gasteiger partial charge on any atom is -0.497 e. The lowest BCUT2D eigenvalue weighted by atomic mass is 9.91. The maximum absolute atomic E-state index is 14.0. The lowest BCUT2D eigenvalue weighted by Gasteiger charge is -2.31. The molecule has 2 heterocycles. The molecular formula is C17H22FN3O. The van der Waals surface area contributed by atoms with E-state index in [1.54, 1.807) is 7.11 Å². The predicted octanol–water partition coefficient (Wildman–Crippen LogP) is 2.95. The van der Waals surface area contributed by atoms with Crippen molar-refractivity contribution >= 4 is 0 Å². The molecule has 1 aromatic heterocycles. The van der Waals surface area contributed by atoms with E-state index in [4.69, 9.17) is 4.74 Å². The molecule has 1 aromatic carbocycles. The van der Waals surface area contributed by atoms with E-state index < -0.39 is 0 Å². The average molecular weight is 303 g/mol. The van der Waals surface area contributed by atoms with Crippen molar-refractivity contribution < 1.29 is 9.13 Å². The Morgan fingerprint density at radius 2 is 2.09 bits per heavy atom. The Hall–Kier alpha value is -1.88. The van der Waals surface area contributed by atoms with Crippen LogP contribution in [0.25, 0.3) is 0 Å². The number of benzene rings is 1. The van der Waals surface area contributed by atoms with Gasteiger partial charge in [0.15, 0.2) is 0 Å². The number of halogens is 1. The summed E-state index contributed by atoms with van der Waals surface area (Å²) >= 11 is 0.